The van der Waals surface area contributed by atoms with Crippen LogP contribution in [0.2, 0.25) is 5.15 Å². The van der Waals surface area contributed by atoms with Gasteiger partial charge in [0, 0.05) is 6.54 Å². The topological polar surface area (TPSA) is 62.2 Å². The molecule has 0 spiro atoms. The van der Waals surface area contributed by atoms with Crippen molar-refractivity contribution in [2.45, 2.75) is 13.3 Å². The average Bonchev–Trinajstić information content (AvgIpc) is 2.40. The minimum absolute atomic E-state index is 0.0791. The number of nitrogens with one attached hydrogen (secondary N) is 1. The minimum Gasteiger partial charge on any atom is -0.478 e. The van der Waals surface area contributed by atoms with Crippen LogP contribution in [0.1, 0.15) is 21.5 Å². The van der Waals surface area contributed by atoms with E-state index in [1.807, 2.05) is 6.92 Å². The van der Waals surface area contributed by atoms with E-state index in [1.165, 1.54) is 24.3 Å². The quantitative estimate of drug-likeness (QED) is 0.829. The van der Waals surface area contributed by atoms with Crippen LogP contribution in [0.15, 0.2) is 30.3 Å². The van der Waals surface area contributed by atoms with Crippen molar-refractivity contribution in [2.24, 2.45) is 0 Å². The Bertz CT molecular complexity index is 677. The third-order valence-corrected chi connectivity index (χ3v) is 3.24. The van der Waals surface area contributed by atoms with Crippen LogP contribution in [-0.4, -0.2) is 22.6 Å². The van der Waals surface area contributed by atoms with Gasteiger partial charge in [0.1, 0.15) is 16.8 Å². The van der Waals surface area contributed by atoms with E-state index < -0.39 is 5.97 Å². The van der Waals surface area contributed by atoms with Gasteiger partial charge >= 0.3 is 5.97 Å². The number of anilines is 1. The molecule has 2 aromatic rings. The number of aromatic carboxylic acids is 1. The molecule has 21 heavy (non-hydrogen) atoms. The molecule has 2 N–H and O–H groups in total. The van der Waals surface area contributed by atoms with E-state index in [1.54, 1.807) is 6.07 Å². The Labute approximate surface area is 126 Å². The molecule has 0 radical (unpaired) electrons. The molecule has 0 atom stereocenters. The minimum atomic E-state index is -1.06. The SMILES string of the molecule is Cc1cc(F)ccc1CCNc1cc(C(=O)O)cc(Cl)n1. The van der Waals surface area contributed by atoms with Gasteiger partial charge in [-0.2, -0.15) is 0 Å². The number of carbonyl (C=O) groups is 1. The molecule has 1 heterocycles. The van der Waals surface area contributed by atoms with Crippen LogP contribution in [0.5, 0.6) is 0 Å². The Balaban J connectivity index is 2.01. The molecule has 0 aliphatic carbocycles. The lowest BCUT2D eigenvalue weighted by atomic mass is 10.1. The Morgan fingerprint density at radius 1 is 1.38 bits per heavy atom. The maximum absolute atomic E-state index is 13.0. The molecule has 0 aliphatic rings. The van der Waals surface area contributed by atoms with Gasteiger partial charge in [-0.1, -0.05) is 17.7 Å². The molecule has 0 bridgehead atoms. The molecule has 0 aliphatic heterocycles. The monoisotopic (exact) mass is 308 g/mol. The Morgan fingerprint density at radius 3 is 2.81 bits per heavy atom. The molecule has 0 unspecified atom stereocenters. The van der Waals surface area contributed by atoms with Crippen molar-refractivity contribution in [1.82, 2.24) is 4.98 Å². The van der Waals surface area contributed by atoms with E-state index in [-0.39, 0.29) is 16.5 Å². The maximum atomic E-state index is 13.0. The lowest BCUT2D eigenvalue weighted by Crippen LogP contribution is -2.08. The highest BCUT2D eigenvalue weighted by molar-refractivity contribution is 6.29. The van der Waals surface area contributed by atoms with Gasteiger partial charge in [0.05, 0.1) is 5.56 Å². The number of halogens is 2. The first-order valence-electron chi connectivity index (χ1n) is 6.35. The molecule has 110 valence electrons. The van der Waals surface area contributed by atoms with Crippen LogP contribution in [0.3, 0.4) is 0 Å². The second kappa shape index (κ2) is 6.54. The van der Waals surface area contributed by atoms with Gasteiger partial charge in [-0.15, -0.1) is 0 Å². The summed E-state index contributed by atoms with van der Waals surface area (Å²) in [5, 5.41) is 12.1. The summed E-state index contributed by atoms with van der Waals surface area (Å²) in [6.45, 7) is 2.39. The van der Waals surface area contributed by atoms with E-state index in [0.717, 1.165) is 11.1 Å². The lowest BCUT2D eigenvalue weighted by Gasteiger charge is -2.09. The number of hydrogen-bond acceptors (Lipinski definition) is 3. The van der Waals surface area contributed by atoms with Crippen molar-refractivity contribution in [2.75, 3.05) is 11.9 Å². The number of benzene rings is 1. The van der Waals surface area contributed by atoms with Crippen molar-refractivity contribution >= 4 is 23.4 Å². The summed E-state index contributed by atoms with van der Waals surface area (Å²) in [6, 6.07) is 7.35. The second-order valence-electron chi connectivity index (χ2n) is 4.62. The number of rotatable bonds is 5. The first-order chi connectivity index (χ1) is 9.95. The Morgan fingerprint density at radius 2 is 2.14 bits per heavy atom. The van der Waals surface area contributed by atoms with E-state index in [0.29, 0.717) is 18.8 Å². The summed E-state index contributed by atoms with van der Waals surface area (Å²) in [6.07, 6.45) is 0.669. The van der Waals surface area contributed by atoms with Crippen molar-refractivity contribution in [3.05, 3.63) is 58.0 Å². The van der Waals surface area contributed by atoms with Gasteiger partial charge in [-0.05, 0) is 48.7 Å². The molecule has 6 heteroatoms. The smallest absolute Gasteiger partial charge is 0.335 e. The summed E-state index contributed by atoms with van der Waals surface area (Å²) < 4.78 is 13.0. The Hall–Kier alpha value is -2.14. The first kappa shape index (κ1) is 15.3. The molecular weight excluding hydrogens is 295 g/mol. The van der Waals surface area contributed by atoms with Crippen LogP contribution in [-0.2, 0) is 6.42 Å². The molecule has 0 saturated carbocycles. The van der Waals surface area contributed by atoms with Crippen molar-refractivity contribution < 1.29 is 14.3 Å². The van der Waals surface area contributed by atoms with Crippen molar-refractivity contribution in [1.29, 1.82) is 0 Å². The fourth-order valence-electron chi connectivity index (χ4n) is 1.98. The summed E-state index contributed by atoms with van der Waals surface area (Å²) in [4.78, 5) is 14.9. The largest absolute Gasteiger partial charge is 0.478 e. The number of pyridine rings is 1. The predicted octanol–water partition coefficient (Wildman–Crippen LogP) is 3.54. The number of aryl methyl sites for hydroxylation is 1. The maximum Gasteiger partial charge on any atom is 0.335 e. The zero-order chi connectivity index (χ0) is 15.4. The Kier molecular flexibility index (Phi) is 4.75. The number of nitrogens with zero attached hydrogens (tertiary/aromatic N) is 1. The summed E-state index contributed by atoms with van der Waals surface area (Å²) in [5.41, 5.74) is 1.97. The van der Waals surface area contributed by atoms with Crippen LogP contribution >= 0.6 is 11.6 Å². The van der Waals surface area contributed by atoms with Crippen LogP contribution in [0.25, 0.3) is 0 Å². The van der Waals surface area contributed by atoms with Gasteiger partial charge in [-0.3, -0.25) is 0 Å². The number of carboxylic acids is 1. The fraction of sp³-hybridized carbons (Fsp3) is 0.200. The van der Waals surface area contributed by atoms with E-state index in [9.17, 15) is 9.18 Å². The van der Waals surface area contributed by atoms with Crippen LogP contribution in [0.4, 0.5) is 10.2 Å². The number of carboxylic acid groups (broad SMARTS) is 1. The third-order valence-electron chi connectivity index (χ3n) is 3.05. The van der Waals surface area contributed by atoms with Crippen LogP contribution < -0.4 is 5.32 Å². The highest BCUT2D eigenvalue weighted by Crippen LogP contribution is 2.15. The molecule has 1 aromatic heterocycles. The number of aromatic nitrogens is 1. The zero-order valence-corrected chi connectivity index (χ0v) is 12.1. The number of hydrogen-bond donors (Lipinski definition) is 2. The first-order valence-corrected chi connectivity index (χ1v) is 6.73. The standard InChI is InChI=1S/C15H14ClFN2O2/c1-9-6-12(17)3-2-10(9)4-5-18-14-8-11(15(20)21)7-13(16)19-14/h2-3,6-8H,4-5H2,1H3,(H,18,19)(H,20,21). The summed E-state index contributed by atoms with van der Waals surface area (Å²) >= 11 is 5.78. The highest BCUT2D eigenvalue weighted by atomic mass is 35.5. The van der Waals surface area contributed by atoms with Gasteiger partial charge in [0.25, 0.3) is 0 Å². The normalized spacial score (nSPS) is 10.4. The summed E-state index contributed by atoms with van der Waals surface area (Å²) in [7, 11) is 0. The molecule has 1 aromatic carbocycles. The molecule has 0 amide bonds. The van der Waals surface area contributed by atoms with Gasteiger partial charge in [-0.25, -0.2) is 14.2 Å². The molecule has 0 fully saturated rings. The lowest BCUT2D eigenvalue weighted by molar-refractivity contribution is 0.0697. The van der Waals surface area contributed by atoms with Gasteiger partial charge < -0.3 is 10.4 Å². The van der Waals surface area contributed by atoms with E-state index in [2.05, 4.69) is 10.3 Å². The van der Waals surface area contributed by atoms with Gasteiger partial charge in [0.15, 0.2) is 0 Å². The van der Waals surface area contributed by atoms with Crippen molar-refractivity contribution in [3.63, 3.8) is 0 Å². The third kappa shape index (κ3) is 4.16. The van der Waals surface area contributed by atoms with Crippen molar-refractivity contribution in [3.8, 4) is 0 Å². The molecule has 4 nitrogen and oxygen atoms in total. The van der Waals surface area contributed by atoms with E-state index in [4.69, 9.17) is 16.7 Å². The van der Waals surface area contributed by atoms with Gasteiger partial charge in [0.2, 0.25) is 0 Å². The zero-order valence-electron chi connectivity index (χ0n) is 11.4. The average molecular weight is 309 g/mol. The molecule has 0 saturated heterocycles. The summed E-state index contributed by atoms with van der Waals surface area (Å²) in [5.74, 6) is -0.914. The predicted molar refractivity (Wildman–Crippen MR) is 79.5 cm³/mol. The van der Waals surface area contributed by atoms with E-state index >= 15 is 0 Å². The fourth-order valence-corrected chi connectivity index (χ4v) is 2.18. The van der Waals surface area contributed by atoms with Crippen LogP contribution in [0, 0.1) is 12.7 Å². The second-order valence-corrected chi connectivity index (χ2v) is 5.00. The molecular formula is C15H14ClFN2O2. The molecule has 2 rings (SSSR count). The highest BCUT2D eigenvalue weighted by Gasteiger charge is 2.07.